The first kappa shape index (κ1) is 28.8. The Bertz CT molecular complexity index is 1170. The van der Waals surface area contributed by atoms with E-state index in [-0.39, 0.29) is 42.3 Å². The highest BCUT2D eigenvalue weighted by Gasteiger charge is 2.69. The number of Topliss-reactive ketones (excluding diaryl/α,β-unsaturated/α-hetero) is 2. The van der Waals surface area contributed by atoms with Gasteiger partial charge >= 0.3 is 5.97 Å². The highest BCUT2D eigenvalue weighted by Crippen LogP contribution is 2.69. The van der Waals surface area contributed by atoms with Gasteiger partial charge in [0.05, 0.1) is 29.1 Å². The van der Waals surface area contributed by atoms with Crippen molar-refractivity contribution in [3.8, 4) is 0 Å². The van der Waals surface area contributed by atoms with Crippen molar-refractivity contribution < 1.29 is 39.6 Å². The highest BCUT2D eigenvalue weighted by molar-refractivity contribution is 6.10. The molecule has 4 aliphatic rings. The highest BCUT2D eigenvalue weighted by atomic mass is 16.4. The lowest BCUT2D eigenvalue weighted by Gasteiger charge is -2.61. The molecule has 0 aliphatic heterocycles. The Kier molecular flexibility index (Phi) is 6.58. The van der Waals surface area contributed by atoms with Crippen molar-refractivity contribution in [3.63, 3.8) is 0 Å². The quantitative estimate of drug-likeness (QED) is 0.409. The number of aliphatic hydroxyl groups excluding tert-OH is 2. The van der Waals surface area contributed by atoms with Crippen LogP contribution in [0.2, 0.25) is 0 Å². The first-order chi connectivity index (χ1) is 17.2. The van der Waals surface area contributed by atoms with E-state index in [1.54, 1.807) is 13.8 Å². The second-order valence-corrected chi connectivity index (χ2v) is 13.8. The summed E-state index contributed by atoms with van der Waals surface area (Å²) in [5, 5.41) is 43.1. The van der Waals surface area contributed by atoms with E-state index in [4.69, 9.17) is 5.11 Å². The van der Waals surface area contributed by atoms with Crippen molar-refractivity contribution in [2.75, 3.05) is 0 Å². The molecule has 210 valence electrons. The van der Waals surface area contributed by atoms with Crippen LogP contribution in [0.1, 0.15) is 87.0 Å². The van der Waals surface area contributed by atoms with Crippen LogP contribution in [0.15, 0.2) is 22.8 Å². The average Bonchev–Trinajstić information content (AvgIpc) is 2.99. The number of rotatable bonds is 6. The van der Waals surface area contributed by atoms with Gasteiger partial charge in [-0.05, 0) is 67.1 Å². The number of allylic oxidation sites excluding steroid dienone is 2. The van der Waals surface area contributed by atoms with Gasteiger partial charge in [0.2, 0.25) is 0 Å². The van der Waals surface area contributed by atoms with Crippen LogP contribution in [0, 0.1) is 33.5 Å². The molecule has 0 spiro atoms. The van der Waals surface area contributed by atoms with Crippen LogP contribution in [0.5, 0.6) is 0 Å². The number of hydrogen-bond acceptors (Lipinski definition) is 7. The summed E-state index contributed by atoms with van der Waals surface area (Å²) in [6, 6.07) is 0. The number of carboxylic acids is 1. The fourth-order valence-electron chi connectivity index (χ4n) is 8.58. The molecule has 1 saturated carbocycles. The molecule has 0 aromatic rings. The third kappa shape index (κ3) is 3.74. The molecule has 0 heterocycles. The monoisotopic (exact) mass is 530 g/mol. The molecule has 4 rings (SSSR count). The van der Waals surface area contributed by atoms with Crippen LogP contribution >= 0.6 is 0 Å². The molecule has 4 N–H and O–H groups in total. The topological polar surface area (TPSA) is 149 Å². The molecule has 8 heteroatoms. The predicted octanol–water partition coefficient (Wildman–Crippen LogP) is 3.17. The molecule has 4 aliphatic carbocycles. The summed E-state index contributed by atoms with van der Waals surface area (Å²) in [6.07, 6.45) is 0.391. The summed E-state index contributed by atoms with van der Waals surface area (Å²) in [5.41, 5.74) is -4.21. The van der Waals surface area contributed by atoms with Crippen LogP contribution in [0.4, 0.5) is 0 Å². The molecule has 0 bridgehead atoms. The van der Waals surface area contributed by atoms with Gasteiger partial charge in [0.25, 0.3) is 0 Å². The Morgan fingerprint density at radius 1 is 1.13 bits per heavy atom. The smallest absolute Gasteiger partial charge is 0.306 e. The third-order valence-corrected chi connectivity index (χ3v) is 11.0. The normalized spacial score (nSPS) is 40.5. The zero-order valence-corrected chi connectivity index (χ0v) is 23.6. The molecule has 0 amide bonds. The predicted molar refractivity (Wildman–Crippen MR) is 139 cm³/mol. The van der Waals surface area contributed by atoms with Crippen molar-refractivity contribution in [2.24, 2.45) is 33.5 Å². The Labute approximate surface area is 224 Å². The maximum Gasteiger partial charge on any atom is 0.306 e. The van der Waals surface area contributed by atoms with Crippen molar-refractivity contribution in [1.29, 1.82) is 0 Å². The minimum Gasteiger partial charge on any atom is -0.481 e. The zero-order chi connectivity index (χ0) is 28.8. The fraction of sp³-hybridized carbons (Fsp3) is 0.733. The van der Waals surface area contributed by atoms with Crippen molar-refractivity contribution in [2.45, 2.75) is 105 Å². The van der Waals surface area contributed by atoms with E-state index in [1.807, 2.05) is 20.8 Å². The molecule has 1 fully saturated rings. The van der Waals surface area contributed by atoms with Gasteiger partial charge in [0.15, 0.2) is 11.6 Å². The minimum absolute atomic E-state index is 0.0617. The van der Waals surface area contributed by atoms with Gasteiger partial charge in [-0.2, -0.15) is 0 Å². The van der Waals surface area contributed by atoms with Gasteiger partial charge in [0, 0.05) is 30.3 Å². The van der Waals surface area contributed by atoms with E-state index < -0.39 is 57.1 Å². The largest absolute Gasteiger partial charge is 0.481 e. The molecule has 0 saturated heterocycles. The summed E-state index contributed by atoms with van der Waals surface area (Å²) in [7, 11) is 0. The number of carbonyl (C=O) groups excluding carboxylic acids is 3. The molecule has 0 aromatic heterocycles. The van der Waals surface area contributed by atoms with Gasteiger partial charge < -0.3 is 20.4 Å². The van der Waals surface area contributed by atoms with E-state index in [2.05, 4.69) is 0 Å². The molecule has 8 nitrogen and oxygen atoms in total. The minimum atomic E-state index is -1.78. The number of aliphatic hydroxyl groups is 3. The summed E-state index contributed by atoms with van der Waals surface area (Å²) in [4.78, 5) is 51.8. The number of ketones is 3. The second-order valence-electron chi connectivity index (χ2n) is 13.8. The lowest BCUT2D eigenvalue weighted by Crippen LogP contribution is -2.61. The summed E-state index contributed by atoms with van der Waals surface area (Å²) >= 11 is 0. The lowest BCUT2D eigenvalue weighted by molar-refractivity contribution is -0.144. The molecule has 0 aromatic carbocycles. The van der Waals surface area contributed by atoms with E-state index >= 15 is 0 Å². The van der Waals surface area contributed by atoms with Crippen molar-refractivity contribution in [3.05, 3.63) is 22.8 Å². The van der Waals surface area contributed by atoms with Gasteiger partial charge in [-0.1, -0.05) is 34.6 Å². The number of carboxylic acid groups (broad SMARTS) is 1. The van der Waals surface area contributed by atoms with Crippen LogP contribution in [-0.2, 0) is 19.2 Å². The zero-order valence-electron chi connectivity index (χ0n) is 23.6. The van der Waals surface area contributed by atoms with Crippen molar-refractivity contribution >= 4 is 23.3 Å². The number of fused-ring (bicyclic) bond motifs is 4. The summed E-state index contributed by atoms with van der Waals surface area (Å²) in [5.74, 6) is -3.13. The van der Waals surface area contributed by atoms with Gasteiger partial charge in [0.1, 0.15) is 5.78 Å². The maximum absolute atomic E-state index is 14.1. The Morgan fingerprint density at radius 2 is 1.74 bits per heavy atom. The fourth-order valence-corrected chi connectivity index (χ4v) is 8.58. The second kappa shape index (κ2) is 8.67. The SMILES string of the molecule is CC(CC(=O)CC(C)(O)C1=CC(=O)C2(C)C3=C(C(=O)CC12C)C1(C)CCC(O)C(C)(C)C1CC3O)C(=O)O. The molecule has 38 heavy (non-hydrogen) atoms. The Balaban J connectivity index is 1.79. The Hall–Kier alpha value is -2.16. The molecule has 0 radical (unpaired) electrons. The van der Waals surface area contributed by atoms with Crippen LogP contribution in [0.25, 0.3) is 0 Å². The first-order valence-electron chi connectivity index (χ1n) is 13.6. The average molecular weight is 531 g/mol. The number of hydrogen-bond donors (Lipinski definition) is 4. The molecule has 8 unspecified atom stereocenters. The summed E-state index contributed by atoms with van der Waals surface area (Å²) in [6.45, 7) is 12.3. The number of carbonyl (C=O) groups is 4. The van der Waals surface area contributed by atoms with Gasteiger partial charge in [-0.25, -0.2) is 0 Å². The maximum atomic E-state index is 14.1. The van der Waals surface area contributed by atoms with Gasteiger partial charge in [-0.3, -0.25) is 19.2 Å². The van der Waals surface area contributed by atoms with E-state index in [1.165, 1.54) is 19.9 Å². The van der Waals surface area contributed by atoms with Crippen LogP contribution in [-0.4, -0.2) is 61.6 Å². The van der Waals surface area contributed by atoms with Crippen LogP contribution in [0.3, 0.4) is 0 Å². The van der Waals surface area contributed by atoms with E-state index in [0.29, 0.717) is 30.4 Å². The molecule has 8 atom stereocenters. The van der Waals surface area contributed by atoms with Crippen LogP contribution < -0.4 is 0 Å². The summed E-state index contributed by atoms with van der Waals surface area (Å²) < 4.78 is 0. The third-order valence-electron chi connectivity index (χ3n) is 11.0. The molecular weight excluding hydrogens is 488 g/mol. The number of aliphatic carboxylic acids is 1. The first-order valence-corrected chi connectivity index (χ1v) is 13.6. The van der Waals surface area contributed by atoms with Crippen molar-refractivity contribution in [1.82, 2.24) is 0 Å². The lowest BCUT2D eigenvalue weighted by atomic mass is 9.42. The standard InChI is InChI=1S/C30H42O8/c1-15(25(36)37)10-16(31)13-29(6,38)20-12-22(35)30(7)24-17(32)11-19-26(2,3)21(34)8-9-27(19,4)23(24)18(33)14-28(20,30)5/h12,15,17,19,21,32,34,38H,8-11,13-14H2,1-7H3,(H,36,37). The Morgan fingerprint density at radius 3 is 2.32 bits per heavy atom. The van der Waals surface area contributed by atoms with Gasteiger partial charge in [-0.15, -0.1) is 0 Å². The van der Waals surface area contributed by atoms with E-state index in [9.17, 15) is 34.5 Å². The molecular formula is C30H42O8. The van der Waals surface area contributed by atoms with E-state index in [0.717, 1.165) is 0 Å².